The Morgan fingerprint density at radius 1 is 1.10 bits per heavy atom. The van der Waals surface area contributed by atoms with E-state index in [4.69, 9.17) is 0 Å². The van der Waals surface area contributed by atoms with Gasteiger partial charge in [0.25, 0.3) is 5.91 Å². The van der Waals surface area contributed by atoms with E-state index in [1.54, 1.807) is 11.0 Å². The molecule has 4 nitrogen and oxygen atoms in total. The zero-order valence-corrected chi connectivity index (χ0v) is 11.6. The molecule has 3 rings (SSSR count). The van der Waals surface area contributed by atoms with Crippen LogP contribution in [0.4, 0.5) is 0 Å². The van der Waals surface area contributed by atoms with Crippen molar-refractivity contribution < 1.29 is 4.79 Å². The zero-order chi connectivity index (χ0) is 14.7. The Bertz CT molecular complexity index is 711. The minimum Gasteiger partial charge on any atom is -0.335 e. The number of amides is 1. The highest BCUT2D eigenvalue weighted by Crippen LogP contribution is 2.22. The number of carbonyl (C=O) groups excluding carboxylic acids is 1. The lowest BCUT2D eigenvalue weighted by atomic mass is 9.99. The molecule has 0 saturated carbocycles. The molecule has 21 heavy (non-hydrogen) atoms. The second kappa shape index (κ2) is 5.79. The van der Waals surface area contributed by atoms with Crippen molar-refractivity contribution in [1.29, 1.82) is 0 Å². The summed E-state index contributed by atoms with van der Waals surface area (Å²) >= 11 is 0. The third-order valence-electron chi connectivity index (χ3n) is 3.67. The summed E-state index contributed by atoms with van der Waals surface area (Å²) < 4.78 is 0. The minimum absolute atomic E-state index is 0.0467. The summed E-state index contributed by atoms with van der Waals surface area (Å²) in [5.74, 6) is -0.0467. The Morgan fingerprint density at radius 2 is 1.90 bits per heavy atom. The number of aromatic nitrogens is 1. The molecule has 0 aliphatic carbocycles. The maximum Gasteiger partial charge on any atom is 0.255 e. The topological polar surface area (TPSA) is 53.2 Å². The molecular formula is C17H16N2O2. The number of H-pyrrole nitrogens is 1. The van der Waals surface area contributed by atoms with E-state index in [9.17, 15) is 9.59 Å². The first-order valence-electron chi connectivity index (χ1n) is 6.96. The van der Waals surface area contributed by atoms with Gasteiger partial charge >= 0.3 is 0 Å². The number of aromatic amines is 1. The molecule has 0 radical (unpaired) electrons. The lowest BCUT2D eigenvalue weighted by Gasteiger charge is -2.26. The van der Waals surface area contributed by atoms with Gasteiger partial charge in [0.05, 0.1) is 5.56 Å². The summed E-state index contributed by atoms with van der Waals surface area (Å²) in [6.45, 7) is 1.29. The van der Waals surface area contributed by atoms with Gasteiger partial charge in [0.2, 0.25) is 5.56 Å². The normalized spacial score (nSPS) is 14.7. The van der Waals surface area contributed by atoms with Crippen LogP contribution in [-0.4, -0.2) is 28.9 Å². The Hall–Kier alpha value is -2.62. The predicted octanol–water partition coefficient (Wildman–Crippen LogP) is 2.30. The number of hydrogen-bond acceptors (Lipinski definition) is 2. The Morgan fingerprint density at radius 3 is 2.52 bits per heavy atom. The van der Waals surface area contributed by atoms with E-state index < -0.39 is 0 Å². The van der Waals surface area contributed by atoms with E-state index in [2.05, 4.69) is 23.2 Å². The van der Waals surface area contributed by atoms with Crippen LogP contribution in [0, 0.1) is 0 Å². The van der Waals surface area contributed by atoms with Crippen molar-refractivity contribution in [2.75, 3.05) is 13.1 Å². The van der Waals surface area contributed by atoms with E-state index in [0.29, 0.717) is 18.7 Å². The zero-order valence-electron chi connectivity index (χ0n) is 11.6. The average molecular weight is 280 g/mol. The van der Waals surface area contributed by atoms with Gasteiger partial charge in [-0.25, -0.2) is 0 Å². The van der Waals surface area contributed by atoms with Gasteiger partial charge in [0, 0.05) is 25.4 Å². The van der Waals surface area contributed by atoms with Crippen LogP contribution in [-0.2, 0) is 0 Å². The van der Waals surface area contributed by atoms with Gasteiger partial charge in [-0.15, -0.1) is 0 Å². The number of nitrogens with zero attached hydrogens (tertiary/aromatic N) is 1. The highest BCUT2D eigenvalue weighted by molar-refractivity contribution is 5.94. The Balaban J connectivity index is 1.73. The van der Waals surface area contributed by atoms with Gasteiger partial charge in [-0.1, -0.05) is 36.4 Å². The first kappa shape index (κ1) is 13.4. The smallest absolute Gasteiger partial charge is 0.255 e. The molecule has 0 atom stereocenters. The van der Waals surface area contributed by atoms with Crippen LogP contribution in [0.3, 0.4) is 0 Å². The van der Waals surface area contributed by atoms with Crippen LogP contribution in [0.25, 0.3) is 5.57 Å². The molecule has 1 amide bonds. The van der Waals surface area contributed by atoms with Crippen molar-refractivity contribution >= 4 is 11.5 Å². The summed E-state index contributed by atoms with van der Waals surface area (Å²) in [7, 11) is 0. The molecule has 1 aliphatic heterocycles. The number of carbonyl (C=O) groups is 1. The molecule has 2 heterocycles. The fourth-order valence-electron chi connectivity index (χ4n) is 2.49. The van der Waals surface area contributed by atoms with Gasteiger partial charge in [-0.3, -0.25) is 9.59 Å². The van der Waals surface area contributed by atoms with Crippen molar-refractivity contribution in [3.63, 3.8) is 0 Å². The summed E-state index contributed by atoms with van der Waals surface area (Å²) in [5, 5.41) is 0. The summed E-state index contributed by atoms with van der Waals surface area (Å²) in [6.07, 6.45) is 4.42. The van der Waals surface area contributed by atoms with Gasteiger partial charge in [0.1, 0.15) is 0 Å². The maximum atomic E-state index is 12.3. The van der Waals surface area contributed by atoms with E-state index in [1.165, 1.54) is 23.4 Å². The molecule has 1 aromatic heterocycles. The lowest BCUT2D eigenvalue weighted by Crippen LogP contribution is -2.34. The van der Waals surface area contributed by atoms with Gasteiger partial charge in [-0.05, 0) is 23.6 Å². The minimum atomic E-state index is -0.198. The van der Waals surface area contributed by atoms with Crippen LogP contribution in [0.15, 0.2) is 59.5 Å². The molecule has 0 saturated heterocycles. The van der Waals surface area contributed by atoms with Crippen LogP contribution in [0.1, 0.15) is 22.3 Å². The van der Waals surface area contributed by atoms with Gasteiger partial charge < -0.3 is 9.88 Å². The van der Waals surface area contributed by atoms with Crippen LogP contribution < -0.4 is 5.56 Å². The summed E-state index contributed by atoms with van der Waals surface area (Å²) in [4.78, 5) is 27.7. The molecule has 0 spiro atoms. The van der Waals surface area contributed by atoms with E-state index in [-0.39, 0.29) is 11.5 Å². The highest BCUT2D eigenvalue weighted by atomic mass is 16.2. The molecule has 0 unspecified atom stereocenters. The van der Waals surface area contributed by atoms with E-state index >= 15 is 0 Å². The van der Waals surface area contributed by atoms with Crippen LogP contribution >= 0.6 is 0 Å². The van der Waals surface area contributed by atoms with Crippen molar-refractivity contribution in [2.45, 2.75) is 6.42 Å². The number of nitrogens with one attached hydrogen (secondary N) is 1. The number of pyridine rings is 1. The maximum absolute atomic E-state index is 12.3. The second-order valence-corrected chi connectivity index (χ2v) is 5.04. The SMILES string of the molecule is O=C(c1ccc(=O)[nH]c1)N1CC=C(c2ccccc2)CC1. The first-order valence-corrected chi connectivity index (χ1v) is 6.96. The summed E-state index contributed by atoms with van der Waals surface area (Å²) in [6, 6.07) is 13.2. The fraction of sp³-hybridized carbons (Fsp3) is 0.176. The Kier molecular flexibility index (Phi) is 3.69. The van der Waals surface area contributed by atoms with E-state index in [0.717, 1.165) is 6.42 Å². The lowest BCUT2D eigenvalue weighted by molar-refractivity contribution is 0.0772. The first-order chi connectivity index (χ1) is 10.2. The highest BCUT2D eigenvalue weighted by Gasteiger charge is 2.19. The monoisotopic (exact) mass is 280 g/mol. The molecule has 106 valence electrons. The molecule has 4 heteroatoms. The molecular weight excluding hydrogens is 264 g/mol. The van der Waals surface area contributed by atoms with Crippen molar-refractivity contribution in [3.05, 3.63) is 76.2 Å². The van der Waals surface area contributed by atoms with Crippen molar-refractivity contribution in [2.24, 2.45) is 0 Å². The molecule has 0 fully saturated rings. The Labute approximate surface area is 122 Å². The average Bonchev–Trinajstić information content (AvgIpc) is 2.56. The molecule has 2 aromatic rings. The van der Waals surface area contributed by atoms with Crippen molar-refractivity contribution in [1.82, 2.24) is 9.88 Å². The number of rotatable bonds is 2. The van der Waals surface area contributed by atoms with Crippen molar-refractivity contribution in [3.8, 4) is 0 Å². The third kappa shape index (κ3) is 2.94. The fourth-order valence-corrected chi connectivity index (χ4v) is 2.49. The predicted molar refractivity (Wildman–Crippen MR) is 82.0 cm³/mol. The molecule has 1 aliphatic rings. The van der Waals surface area contributed by atoms with Crippen LogP contribution in [0.5, 0.6) is 0 Å². The largest absolute Gasteiger partial charge is 0.335 e. The quantitative estimate of drug-likeness (QED) is 0.917. The molecule has 1 N–H and O–H groups in total. The number of hydrogen-bond donors (Lipinski definition) is 1. The number of benzene rings is 1. The van der Waals surface area contributed by atoms with Crippen LogP contribution in [0.2, 0.25) is 0 Å². The molecule has 0 bridgehead atoms. The van der Waals surface area contributed by atoms with E-state index in [1.807, 2.05) is 18.2 Å². The van der Waals surface area contributed by atoms with Gasteiger partial charge in [-0.2, -0.15) is 0 Å². The summed E-state index contributed by atoms with van der Waals surface area (Å²) in [5.41, 5.74) is 2.82. The third-order valence-corrected chi connectivity index (χ3v) is 3.67. The van der Waals surface area contributed by atoms with Gasteiger partial charge in [0.15, 0.2) is 0 Å². The second-order valence-electron chi connectivity index (χ2n) is 5.04. The molecule has 1 aromatic carbocycles. The standard InChI is InChI=1S/C17H16N2O2/c20-16-7-6-15(12-18-16)17(21)19-10-8-14(9-11-19)13-4-2-1-3-5-13/h1-8,12H,9-11H2,(H,18,20).